The van der Waals surface area contributed by atoms with Gasteiger partial charge in [-0.1, -0.05) is 18.2 Å². The number of carbonyl (C=O) groups is 3. The molecule has 0 bridgehead atoms. The third-order valence-corrected chi connectivity index (χ3v) is 6.51. The summed E-state index contributed by atoms with van der Waals surface area (Å²) in [7, 11) is 1.55. The van der Waals surface area contributed by atoms with Crippen LogP contribution in [-0.4, -0.2) is 60.4 Å². The molecule has 0 aromatic heterocycles. The van der Waals surface area contributed by atoms with E-state index in [2.05, 4.69) is 10.2 Å². The first kappa shape index (κ1) is 16.0. The van der Waals surface area contributed by atoms with Gasteiger partial charge in [0.15, 0.2) is 0 Å². The van der Waals surface area contributed by atoms with E-state index in [0.717, 1.165) is 30.6 Å². The van der Waals surface area contributed by atoms with E-state index in [1.165, 1.54) is 4.90 Å². The lowest BCUT2D eigenvalue weighted by Gasteiger charge is -2.36. The molecule has 1 N–H and O–H groups in total. The number of nitrogens with one attached hydrogen (secondary N) is 1. The van der Waals surface area contributed by atoms with Crippen LogP contribution in [0.4, 0.5) is 5.69 Å². The number of nitrogens with zero attached hydrogens (tertiary/aromatic N) is 2. The molecule has 1 spiro atoms. The molecule has 7 heteroatoms. The van der Waals surface area contributed by atoms with E-state index in [1.807, 2.05) is 24.3 Å². The van der Waals surface area contributed by atoms with E-state index < -0.39 is 17.4 Å². The molecule has 1 aromatic carbocycles. The second-order valence-corrected chi connectivity index (χ2v) is 7.49. The lowest BCUT2D eigenvalue weighted by Crippen LogP contribution is -2.54. The maximum absolute atomic E-state index is 13.3. The number of hydrogen-bond acceptors (Lipinski definition) is 5. The average Bonchev–Trinajstić information content (AvgIpc) is 3.33. The Morgan fingerprint density at radius 1 is 1.23 bits per heavy atom. The largest absolute Gasteiger partial charge is 0.383 e. The van der Waals surface area contributed by atoms with Gasteiger partial charge in [-0.2, -0.15) is 0 Å². The fraction of sp³-hybridized carbons (Fsp3) is 0.526. The van der Waals surface area contributed by atoms with Crippen LogP contribution in [0.5, 0.6) is 0 Å². The minimum atomic E-state index is -1.06. The molecule has 5 rings (SSSR count). The monoisotopic (exact) mass is 355 g/mol. The maximum atomic E-state index is 13.3. The highest BCUT2D eigenvalue weighted by Crippen LogP contribution is 2.60. The van der Waals surface area contributed by atoms with Crippen LogP contribution in [0.2, 0.25) is 0 Å². The van der Waals surface area contributed by atoms with Gasteiger partial charge in [0.2, 0.25) is 17.7 Å². The number of amides is 3. The average molecular weight is 355 g/mol. The van der Waals surface area contributed by atoms with Gasteiger partial charge < -0.3 is 10.1 Å². The van der Waals surface area contributed by atoms with E-state index >= 15 is 0 Å². The Balaban J connectivity index is 1.68. The van der Waals surface area contributed by atoms with Crippen molar-refractivity contribution in [2.45, 2.75) is 24.4 Å². The van der Waals surface area contributed by atoms with Crippen LogP contribution in [0.25, 0.3) is 0 Å². The van der Waals surface area contributed by atoms with E-state index in [4.69, 9.17) is 4.74 Å². The molecule has 3 amide bonds. The Hall–Kier alpha value is -2.25. The summed E-state index contributed by atoms with van der Waals surface area (Å²) in [6.45, 7) is 1.28. The SMILES string of the molecule is COCCN1C(=O)[C@H]2C3CCCN3C3(C(=O)Nc4ccccc43)[C@H]2C1=O. The molecule has 4 atom stereocenters. The van der Waals surface area contributed by atoms with Gasteiger partial charge in [-0.05, 0) is 25.5 Å². The number of methoxy groups -OCH3 is 1. The van der Waals surface area contributed by atoms with Gasteiger partial charge in [0.1, 0.15) is 5.54 Å². The first-order valence-electron chi connectivity index (χ1n) is 9.14. The summed E-state index contributed by atoms with van der Waals surface area (Å²) in [5.41, 5.74) is 0.523. The Kier molecular flexibility index (Phi) is 3.30. The van der Waals surface area contributed by atoms with Gasteiger partial charge in [-0.25, -0.2) is 0 Å². The first-order valence-corrected chi connectivity index (χ1v) is 9.14. The topological polar surface area (TPSA) is 79.0 Å². The number of rotatable bonds is 3. The molecule has 3 saturated heterocycles. The van der Waals surface area contributed by atoms with Gasteiger partial charge in [-0.3, -0.25) is 24.2 Å². The molecule has 7 nitrogen and oxygen atoms in total. The molecule has 3 fully saturated rings. The predicted octanol–water partition coefficient (Wildman–Crippen LogP) is 0.560. The van der Waals surface area contributed by atoms with Crippen LogP contribution < -0.4 is 5.32 Å². The normalized spacial score (nSPS) is 35.2. The fourth-order valence-electron chi connectivity index (χ4n) is 5.62. The van der Waals surface area contributed by atoms with Crippen molar-refractivity contribution in [3.8, 4) is 0 Å². The molecule has 4 heterocycles. The molecular formula is C19H21N3O4. The number of carbonyl (C=O) groups excluding carboxylic acids is 3. The Bertz CT molecular complexity index is 825. The summed E-state index contributed by atoms with van der Waals surface area (Å²) < 4.78 is 5.07. The Morgan fingerprint density at radius 3 is 2.85 bits per heavy atom. The highest BCUT2D eigenvalue weighted by Gasteiger charge is 2.74. The van der Waals surface area contributed by atoms with E-state index in [0.29, 0.717) is 6.61 Å². The Morgan fingerprint density at radius 2 is 2.04 bits per heavy atom. The minimum absolute atomic E-state index is 0.0547. The number of ether oxygens (including phenoxy) is 1. The van der Waals surface area contributed by atoms with Crippen molar-refractivity contribution in [2.75, 3.05) is 32.1 Å². The second kappa shape index (κ2) is 5.37. The lowest BCUT2D eigenvalue weighted by molar-refractivity contribution is -0.146. The summed E-state index contributed by atoms with van der Waals surface area (Å²) in [6, 6.07) is 7.49. The van der Waals surface area contributed by atoms with Crippen molar-refractivity contribution < 1.29 is 19.1 Å². The summed E-state index contributed by atoms with van der Waals surface area (Å²) in [5.74, 6) is -1.66. The highest BCUT2D eigenvalue weighted by molar-refractivity contribution is 6.15. The molecule has 0 saturated carbocycles. The first-order chi connectivity index (χ1) is 12.6. The smallest absolute Gasteiger partial charge is 0.250 e. The standard InChI is InChI=1S/C19H21N3O4/c1-26-10-9-21-16(23)14-13-7-4-8-22(13)19(15(14)17(21)24)11-5-2-3-6-12(11)20-18(19)25/h2-3,5-6,13-15H,4,7-10H2,1H3,(H,20,25)/t13?,14-,15+,19?/m0/s1. The van der Waals surface area contributed by atoms with Gasteiger partial charge >= 0.3 is 0 Å². The zero-order chi connectivity index (χ0) is 18.1. The quantitative estimate of drug-likeness (QED) is 0.802. The third-order valence-electron chi connectivity index (χ3n) is 6.51. The molecule has 4 aliphatic heterocycles. The van der Waals surface area contributed by atoms with Gasteiger partial charge in [-0.15, -0.1) is 0 Å². The molecular weight excluding hydrogens is 334 g/mol. The van der Waals surface area contributed by atoms with Gasteiger partial charge in [0, 0.05) is 24.4 Å². The predicted molar refractivity (Wildman–Crippen MR) is 92.1 cm³/mol. The van der Waals surface area contributed by atoms with Crippen molar-refractivity contribution in [3.63, 3.8) is 0 Å². The molecule has 0 radical (unpaired) electrons. The number of imide groups is 1. The fourth-order valence-corrected chi connectivity index (χ4v) is 5.62. The van der Waals surface area contributed by atoms with E-state index in [9.17, 15) is 14.4 Å². The van der Waals surface area contributed by atoms with Crippen LogP contribution in [0, 0.1) is 11.8 Å². The van der Waals surface area contributed by atoms with Crippen LogP contribution in [-0.2, 0) is 24.7 Å². The van der Waals surface area contributed by atoms with Gasteiger partial charge in [0.25, 0.3) is 0 Å². The maximum Gasteiger partial charge on any atom is 0.250 e. The van der Waals surface area contributed by atoms with Crippen molar-refractivity contribution in [1.29, 1.82) is 0 Å². The summed E-state index contributed by atoms with van der Waals surface area (Å²) in [6.07, 6.45) is 1.78. The molecule has 0 aliphatic carbocycles. The van der Waals surface area contributed by atoms with Crippen LogP contribution in [0.1, 0.15) is 18.4 Å². The number of para-hydroxylation sites is 1. The van der Waals surface area contributed by atoms with E-state index in [1.54, 1.807) is 7.11 Å². The second-order valence-electron chi connectivity index (χ2n) is 7.49. The molecule has 4 aliphatic rings. The zero-order valence-electron chi connectivity index (χ0n) is 14.6. The molecule has 1 aromatic rings. The van der Waals surface area contributed by atoms with Crippen LogP contribution in [0.15, 0.2) is 24.3 Å². The van der Waals surface area contributed by atoms with Crippen molar-refractivity contribution in [1.82, 2.24) is 9.80 Å². The lowest BCUT2D eigenvalue weighted by atomic mass is 9.75. The molecule has 26 heavy (non-hydrogen) atoms. The number of fused-ring (bicyclic) bond motifs is 7. The van der Waals surface area contributed by atoms with Crippen molar-refractivity contribution in [3.05, 3.63) is 29.8 Å². The van der Waals surface area contributed by atoms with Gasteiger partial charge in [0.05, 0.1) is 25.0 Å². The third kappa shape index (κ3) is 1.68. The van der Waals surface area contributed by atoms with E-state index in [-0.39, 0.29) is 30.3 Å². The number of anilines is 1. The minimum Gasteiger partial charge on any atom is -0.383 e. The highest BCUT2D eigenvalue weighted by atomic mass is 16.5. The number of hydrogen-bond donors (Lipinski definition) is 1. The summed E-state index contributed by atoms with van der Waals surface area (Å²) in [5, 5.41) is 2.96. The van der Waals surface area contributed by atoms with Crippen molar-refractivity contribution >= 4 is 23.4 Å². The Labute approximate surface area is 151 Å². The number of likely N-dealkylation sites (tertiary alicyclic amines) is 1. The summed E-state index contributed by atoms with van der Waals surface area (Å²) >= 11 is 0. The van der Waals surface area contributed by atoms with Crippen LogP contribution in [0.3, 0.4) is 0 Å². The summed E-state index contributed by atoms with van der Waals surface area (Å²) in [4.78, 5) is 43.1. The molecule has 2 unspecified atom stereocenters. The zero-order valence-corrected chi connectivity index (χ0v) is 14.6. The van der Waals surface area contributed by atoms with Crippen LogP contribution >= 0.6 is 0 Å². The van der Waals surface area contributed by atoms with Crippen molar-refractivity contribution in [2.24, 2.45) is 11.8 Å². The molecule has 136 valence electrons. The number of benzene rings is 1.